The Labute approximate surface area is 111 Å². The molecule has 0 radical (unpaired) electrons. The maximum atomic E-state index is 11.6. The zero-order chi connectivity index (χ0) is 14.5. The molecule has 0 amide bonds. The summed E-state index contributed by atoms with van der Waals surface area (Å²) in [6, 6.07) is 0. The van der Waals surface area contributed by atoms with Crippen LogP contribution in [0.25, 0.3) is 0 Å². The van der Waals surface area contributed by atoms with Crippen molar-refractivity contribution in [2.75, 3.05) is 10.5 Å². The second-order valence-electron chi connectivity index (χ2n) is 3.80. The van der Waals surface area contributed by atoms with Crippen LogP contribution >= 0.6 is 0 Å². The van der Waals surface area contributed by atoms with Gasteiger partial charge < -0.3 is 5.11 Å². The fourth-order valence-corrected chi connectivity index (χ4v) is 2.30. The van der Waals surface area contributed by atoms with E-state index < -0.39 is 28.2 Å². The van der Waals surface area contributed by atoms with Gasteiger partial charge in [-0.25, -0.2) is 18.1 Å². The topological polar surface area (TPSA) is 122 Å². The summed E-state index contributed by atoms with van der Waals surface area (Å²) in [4.78, 5) is 14.4. The number of carboxylic acids is 1. The van der Waals surface area contributed by atoms with Crippen LogP contribution in [0.3, 0.4) is 0 Å². The number of sulfonamides is 1. The zero-order valence-corrected chi connectivity index (χ0v) is 11.6. The number of nitrogens with one attached hydrogen (secondary N) is 1. The van der Waals surface area contributed by atoms with Crippen molar-refractivity contribution in [3.05, 3.63) is 11.4 Å². The SMILES string of the molecule is CCc1nnc(NS(=O)(=O)CCC(=O)O)nc1CC. The molecule has 0 aliphatic rings. The maximum Gasteiger partial charge on any atom is 0.304 e. The molecule has 0 atom stereocenters. The molecule has 0 spiro atoms. The molecule has 1 heterocycles. The fraction of sp³-hybridized carbons (Fsp3) is 0.600. The fourth-order valence-electron chi connectivity index (χ4n) is 1.39. The number of aryl methyl sites for hydroxylation is 2. The number of rotatable bonds is 7. The summed E-state index contributed by atoms with van der Waals surface area (Å²) < 4.78 is 25.3. The molecule has 0 aromatic carbocycles. The lowest BCUT2D eigenvalue weighted by Crippen LogP contribution is -2.21. The molecule has 0 unspecified atom stereocenters. The predicted octanol–water partition coefficient (Wildman–Crippen LogP) is 0.213. The summed E-state index contributed by atoms with van der Waals surface area (Å²) >= 11 is 0. The molecule has 1 rings (SSSR count). The van der Waals surface area contributed by atoms with E-state index in [-0.39, 0.29) is 5.95 Å². The highest BCUT2D eigenvalue weighted by atomic mass is 32.2. The minimum Gasteiger partial charge on any atom is -0.481 e. The van der Waals surface area contributed by atoms with Gasteiger partial charge in [0, 0.05) is 0 Å². The Balaban J connectivity index is 2.84. The molecule has 19 heavy (non-hydrogen) atoms. The van der Waals surface area contributed by atoms with Crippen LogP contribution in [0.5, 0.6) is 0 Å². The molecule has 0 saturated heterocycles. The Hall–Kier alpha value is -1.77. The van der Waals surface area contributed by atoms with Gasteiger partial charge in [0.15, 0.2) is 0 Å². The standard InChI is InChI=1S/C10H16N4O4S/c1-3-7-8(4-2)12-13-10(11-7)14-19(17,18)6-5-9(15)16/h3-6H2,1-2H3,(H,15,16)(H,11,13,14). The number of nitrogens with zero attached hydrogens (tertiary/aromatic N) is 3. The van der Waals surface area contributed by atoms with E-state index in [1.807, 2.05) is 13.8 Å². The van der Waals surface area contributed by atoms with Gasteiger partial charge in [0.05, 0.1) is 23.6 Å². The van der Waals surface area contributed by atoms with Crippen molar-refractivity contribution >= 4 is 21.9 Å². The summed E-state index contributed by atoms with van der Waals surface area (Å²) in [5.41, 5.74) is 1.39. The monoisotopic (exact) mass is 288 g/mol. The molecule has 1 aromatic rings. The quantitative estimate of drug-likeness (QED) is 0.735. The second-order valence-corrected chi connectivity index (χ2v) is 5.64. The van der Waals surface area contributed by atoms with Crippen molar-refractivity contribution in [3.8, 4) is 0 Å². The first-order valence-electron chi connectivity index (χ1n) is 5.82. The predicted molar refractivity (Wildman–Crippen MR) is 68.2 cm³/mol. The minimum atomic E-state index is -3.77. The van der Waals surface area contributed by atoms with E-state index in [1.54, 1.807) is 0 Å². The first kappa shape index (κ1) is 15.3. The molecule has 0 aliphatic carbocycles. The first-order chi connectivity index (χ1) is 8.88. The van der Waals surface area contributed by atoms with Gasteiger partial charge >= 0.3 is 5.97 Å². The number of hydrogen-bond donors (Lipinski definition) is 2. The molecule has 9 heteroatoms. The highest BCUT2D eigenvalue weighted by Gasteiger charge is 2.15. The molecule has 0 saturated carbocycles. The van der Waals surface area contributed by atoms with Gasteiger partial charge in [-0.15, -0.1) is 10.2 Å². The van der Waals surface area contributed by atoms with Gasteiger partial charge in [0.2, 0.25) is 10.0 Å². The Morgan fingerprint density at radius 2 is 1.84 bits per heavy atom. The van der Waals surface area contributed by atoms with Crippen molar-refractivity contribution in [2.24, 2.45) is 0 Å². The lowest BCUT2D eigenvalue weighted by atomic mass is 10.2. The second kappa shape index (κ2) is 6.41. The van der Waals surface area contributed by atoms with E-state index in [9.17, 15) is 13.2 Å². The lowest BCUT2D eigenvalue weighted by molar-refractivity contribution is -0.136. The zero-order valence-electron chi connectivity index (χ0n) is 10.8. The van der Waals surface area contributed by atoms with Crippen molar-refractivity contribution in [1.29, 1.82) is 0 Å². The van der Waals surface area contributed by atoms with E-state index in [0.29, 0.717) is 18.5 Å². The summed E-state index contributed by atoms with van der Waals surface area (Å²) in [6.45, 7) is 3.79. The van der Waals surface area contributed by atoms with Crippen LogP contribution in [-0.2, 0) is 27.7 Å². The third-order valence-electron chi connectivity index (χ3n) is 2.34. The molecular weight excluding hydrogens is 272 g/mol. The summed E-state index contributed by atoms with van der Waals surface area (Å²) in [5.74, 6) is -1.83. The Bertz CT molecular complexity index is 559. The number of carbonyl (C=O) groups is 1. The van der Waals surface area contributed by atoms with E-state index >= 15 is 0 Å². The van der Waals surface area contributed by atoms with E-state index in [1.165, 1.54) is 0 Å². The number of hydrogen-bond acceptors (Lipinski definition) is 6. The molecule has 8 nitrogen and oxygen atoms in total. The van der Waals surface area contributed by atoms with Crippen LogP contribution in [0.4, 0.5) is 5.95 Å². The van der Waals surface area contributed by atoms with Crippen molar-refractivity contribution in [1.82, 2.24) is 15.2 Å². The molecule has 0 aliphatic heterocycles. The number of carboxylic acid groups (broad SMARTS) is 1. The third-order valence-corrected chi connectivity index (χ3v) is 3.58. The Morgan fingerprint density at radius 3 is 2.37 bits per heavy atom. The third kappa shape index (κ3) is 4.78. The highest BCUT2D eigenvalue weighted by molar-refractivity contribution is 7.92. The van der Waals surface area contributed by atoms with Crippen LogP contribution in [0.1, 0.15) is 31.7 Å². The number of aliphatic carboxylic acids is 1. The molecular formula is C10H16N4O4S. The van der Waals surface area contributed by atoms with Crippen LogP contribution in [0, 0.1) is 0 Å². The van der Waals surface area contributed by atoms with Gasteiger partial charge in [-0.2, -0.15) is 0 Å². The van der Waals surface area contributed by atoms with Crippen LogP contribution < -0.4 is 4.72 Å². The van der Waals surface area contributed by atoms with Crippen LogP contribution in [-0.4, -0.2) is 40.4 Å². The first-order valence-corrected chi connectivity index (χ1v) is 7.48. The average molecular weight is 288 g/mol. The van der Waals surface area contributed by atoms with E-state index in [0.717, 1.165) is 5.69 Å². The van der Waals surface area contributed by atoms with Crippen LogP contribution in [0.15, 0.2) is 0 Å². The molecule has 2 N–H and O–H groups in total. The van der Waals surface area contributed by atoms with Crippen molar-refractivity contribution < 1.29 is 18.3 Å². The molecule has 0 bridgehead atoms. The normalized spacial score (nSPS) is 11.3. The van der Waals surface area contributed by atoms with E-state index in [2.05, 4.69) is 19.9 Å². The van der Waals surface area contributed by atoms with Gasteiger partial charge in [-0.05, 0) is 12.8 Å². The van der Waals surface area contributed by atoms with Gasteiger partial charge in [-0.1, -0.05) is 13.8 Å². The molecule has 1 aromatic heterocycles. The van der Waals surface area contributed by atoms with Gasteiger partial charge in [0.25, 0.3) is 5.95 Å². The lowest BCUT2D eigenvalue weighted by Gasteiger charge is -2.07. The summed E-state index contributed by atoms with van der Waals surface area (Å²) in [7, 11) is -3.77. The minimum absolute atomic E-state index is 0.126. The Morgan fingerprint density at radius 1 is 1.21 bits per heavy atom. The molecule has 0 fully saturated rings. The van der Waals surface area contributed by atoms with E-state index in [4.69, 9.17) is 5.11 Å². The Kier molecular flexibility index (Phi) is 5.16. The van der Waals surface area contributed by atoms with Crippen molar-refractivity contribution in [3.63, 3.8) is 0 Å². The van der Waals surface area contributed by atoms with Gasteiger partial charge in [0.1, 0.15) is 0 Å². The smallest absolute Gasteiger partial charge is 0.304 e. The highest BCUT2D eigenvalue weighted by Crippen LogP contribution is 2.08. The van der Waals surface area contributed by atoms with Crippen molar-refractivity contribution in [2.45, 2.75) is 33.1 Å². The number of aromatic nitrogens is 3. The van der Waals surface area contributed by atoms with Crippen LogP contribution in [0.2, 0.25) is 0 Å². The largest absolute Gasteiger partial charge is 0.481 e. The summed E-state index contributed by atoms with van der Waals surface area (Å²) in [5, 5.41) is 16.0. The average Bonchev–Trinajstić information content (AvgIpc) is 2.36. The number of anilines is 1. The molecule has 106 valence electrons. The summed E-state index contributed by atoms with van der Waals surface area (Å²) in [6.07, 6.45) is 0.800. The maximum absolute atomic E-state index is 11.6. The van der Waals surface area contributed by atoms with Gasteiger partial charge in [-0.3, -0.25) is 4.79 Å².